The summed E-state index contributed by atoms with van der Waals surface area (Å²) in [6.07, 6.45) is 2.20. The Morgan fingerprint density at radius 2 is 2.04 bits per heavy atom. The van der Waals surface area contributed by atoms with Gasteiger partial charge in [-0.05, 0) is 48.2 Å². The average molecular weight is 386 g/mol. The summed E-state index contributed by atoms with van der Waals surface area (Å²) < 4.78 is 5.07. The molecule has 0 bridgehead atoms. The largest absolute Gasteiger partial charge is 0.504 e. The van der Waals surface area contributed by atoms with Gasteiger partial charge in [0.2, 0.25) is 11.8 Å². The molecular formula is C20H22N2O4S. The molecule has 2 aromatic carbocycles. The van der Waals surface area contributed by atoms with Crippen molar-refractivity contribution in [2.75, 3.05) is 24.8 Å². The predicted molar refractivity (Wildman–Crippen MR) is 105 cm³/mol. The number of methoxy groups -OCH3 is 1. The second kappa shape index (κ2) is 8.35. The van der Waals surface area contributed by atoms with Crippen LogP contribution in [0.3, 0.4) is 0 Å². The van der Waals surface area contributed by atoms with E-state index in [-0.39, 0.29) is 29.9 Å². The number of amides is 2. The summed E-state index contributed by atoms with van der Waals surface area (Å²) >= 11 is 1.64. The Bertz CT molecular complexity index is 838. The van der Waals surface area contributed by atoms with Gasteiger partial charge in [-0.15, -0.1) is 11.8 Å². The smallest absolute Gasteiger partial charge is 0.227 e. The fourth-order valence-corrected chi connectivity index (χ4v) is 3.47. The first-order chi connectivity index (χ1) is 13.0. The highest BCUT2D eigenvalue weighted by molar-refractivity contribution is 7.98. The monoisotopic (exact) mass is 386 g/mol. The zero-order valence-corrected chi connectivity index (χ0v) is 16.1. The van der Waals surface area contributed by atoms with Gasteiger partial charge in [-0.2, -0.15) is 0 Å². The Balaban J connectivity index is 1.60. The lowest BCUT2D eigenvalue weighted by Gasteiger charge is -2.17. The number of hydrogen-bond acceptors (Lipinski definition) is 5. The Kier molecular flexibility index (Phi) is 5.91. The highest BCUT2D eigenvalue weighted by atomic mass is 32.2. The molecule has 1 heterocycles. The van der Waals surface area contributed by atoms with Crippen LogP contribution >= 0.6 is 11.8 Å². The number of hydrogen-bond donors (Lipinski definition) is 2. The molecule has 1 saturated heterocycles. The first-order valence-electron chi connectivity index (χ1n) is 8.60. The number of thioether (sulfide) groups is 1. The number of carbonyl (C=O) groups is 2. The van der Waals surface area contributed by atoms with E-state index in [4.69, 9.17) is 4.74 Å². The summed E-state index contributed by atoms with van der Waals surface area (Å²) in [5.74, 6) is -0.163. The van der Waals surface area contributed by atoms with E-state index in [1.165, 1.54) is 13.2 Å². The zero-order chi connectivity index (χ0) is 19.4. The average Bonchev–Trinajstić information content (AvgIpc) is 3.09. The number of anilines is 1. The second-order valence-corrected chi connectivity index (χ2v) is 7.21. The van der Waals surface area contributed by atoms with Crippen LogP contribution in [0.15, 0.2) is 47.4 Å². The minimum Gasteiger partial charge on any atom is -0.504 e. The van der Waals surface area contributed by atoms with Crippen LogP contribution in [0.1, 0.15) is 12.0 Å². The van der Waals surface area contributed by atoms with Gasteiger partial charge in [0.25, 0.3) is 0 Å². The van der Waals surface area contributed by atoms with Gasteiger partial charge < -0.3 is 20.1 Å². The molecule has 142 valence electrons. The summed E-state index contributed by atoms with van der Waals surface area (Å²) in [4.78, 5) is 27.6. The lowest BCUT2D eigenvalue weighted by Crippen LogP contribution is -2.32. The van der Waals surface area contributed by atoms with E-state index in [0.717, 1.165) is 16.1 Å². The standard InChI is InChI=1S/C20H22N2O4S/c1-26-18-9-13(3-8-17(18)23)11-21-20(25)14-10-19(24)22(12-14)15-4-6-16(27-2)7-5-15/h3-9,14,23H,10-12H2,1-2H3,(H,21,25). The topological polar surface area (TPSA) is 78.9 Å². The Morgan fingerprint density at radius 1 is 1.30 bits per heavy atom. The van der Waals surface area contributed by atoms with Crippen LogP contribution in [-0.2, 0) is 16.1 Å². The van der Waals surface area contributed by atoms with E-state index in [0.29, 0.717) is 18.8 Å². The van der Waals surface area contributed by atoms with Crippen LogP contribution in [0.25, 0.3) is 0 Å². The molecule has 0 saturated carbocycles. The number of rotatable bonds is 6. The fraction of sp³-hybridized carbons (Fsp3) is 0.300. The molecular weight excluding hydrogens is 364 g/mol. The van der Waals surface area contributed by atoms with Crippen molar-refractivity contribution in [3.63, 3.8) is 0 Å². The summed E-state index contributed by atoms with van der Waals surface area (Å²) in [6, 6.07) is 12.7. The molecule has 6 nitrogen and oxygen atoms in total. The molecule has 1 aliphatic heterocycles. The maximum atomic E-state index is 12.5. The normalized spacial score (nSPS) is 16.4. The lowest BCUT2D eigenvalue weighted by atomic mass is 10.1. The number of carbonyl (C=O) groups excluding carboxylic acids is 2. The van der Waals surface area contributed by atoms with Crippen LogP contribution < -0.4 is 15.0 Å². The van der Waals surface area contributed by atoms with Gasteiger partial charge in [-0.3, -0.25) is 9.59 Å². The molecule has 0 radical (unpaired) electrons. The Labute approximate surface area is 162 Å². The van der Waals surface area contributed by atoms with E-state index in [1.807, 2.05) is 30.5 Å². The number of nitrogens with zero attached hydrogens (tertiary/aromatic N) is 1. The molecule has 3 rings (SSSR count). The maximum absolute atomic E-state index is 12.5. The summed E-state index contributed by atoms with van der Waals surface area (Å²) in [5, 5.41) is 12.5. The molecule has 1 fully saturated rings. The lowest BCUT2D eigenvalue weighted by molar-refractivity contribution is -0.126. The van der Waals surface area contributed by atoms with Crippen molar-refractivity contribution < 1.29 is 19.4 Å². The third kappa shape index (κ3) is 4.36. The quantitative estimate of drug-likeness (QED) is 0.747. The minimum absolute atomic E-state index is 0.0432. The fourth-order valence-electron chi connectivity index (χ4n) is 3.06. The van der Waals surface area contributed by atoms with Gasteiger partial charge in [0, 0.05) is 30.1 Å². The highest BCUT2D eigenvalue weighted by Gasteiger charge is 2.34. The number of phenolic OH excluding ortho intramolecular Hbond substituents is 1. The van der Waals surface area contributed by atoms with Crippen LogP contribution in [0, 0.1) is 5.92 Å². The number of aromatic hydroxyl groups is 1. The highest BCUT2D eigenvalue weighted by Crippen LogP contribution is 2.28. The maximum Gasteiger partial charge on any atom is 0.227 e. The molecule has 1 aliphatic rings. The zero-order valence-electron chi connectivity index (χ0n) is 15.3. The number of ether oxygens (including phenoxy) is 1. The van der Waals surface area contributed by atoms with E-state index in [1.54, 1.807) is 28.8 Å². The van der Waals surface area contributed by atoms with E-state index in [9.17, 15) is 14.7 Å². The minimum atomic E-state index is -0.378. The van der Waals surface area contributed by atoms with Gasteiger partial charge in [0.05, 0.1) is 13.0 Å². The van der Waals surface area contributed by atoms with E-state index in [2.05, 4.69) is 5.32 Å². The first-order valence-corrected chi connectivity index (χ1v) is 9.82. The molecule has 27 heavy (non-hydrogen) atoms. The number of nitrogens with one attached hydrogen (secondary N) is 1. The molecule has 2 N–H and O–H groups in total. The van der Waals surface area contributed by atoms with Crippen LogP contribution in [0.4, 0.5) is 5.69 Å². The third-order valence-corrected chi connectivity index (χ3v) is 5.33. The van der Waals surface area contributed by atoms with Crippen molar-refractivity contribution in [1.29, 1.82) is 0 Å². The molecule has 0 aliphatic carbocycles. The molecule has 7 heteroatoms. The van der Waals surface area contributed by atoms with Crippen molar-refractivity contribution in [2.24, 2.45) is 5.92 Å². The van der Waals surface area contributed by atoms with Gasteiger partial charge in [-0.25, -0.2) is 0 Å². The van der Waals surface area contributed by atoms with Crippen molar-refractivity contribution >= 4 is 29.3 Å². The van der Waals surface area contributed by atoms with Crippen LogP contribution in [-0.4, -0.2) is 36.8 Å². The van der Waals surface area contributed by atoms with E-state index < -0.39 is 0 Å². The van der Waals surface area contributed by atoms with Crippen molar-refractivity contribution in [3.8, 4) is 11.5 Å². The third-order valence-electron chi connectivity index (χ3n) is 4.59. The molecule has 1 unspecified atom stereocenters. The van der Waals surface area contributed by atoms with Crippen LogP contribution in [0.5, 0.6) is 11.5 Å². The van der Waals surface area contributed by atoms with Crippen molar-refractivity contribution in [2.45, 2.75) is 17.9 Å². The predicted octanol–water partition coefficient (Wildman–Crippen LogP) is 2.79. The summed E-state index contributed by atoms with van der Waals surface area (Å²) in [5.41, 5.74) is 1.63. The van der Waals surface area contributed by atoms with Crippen molar-refractivity contribution in [1.82, 2.24) is 5.32 Å². The number of benzene rings is 2. The number of phenols is 1. The van der Waals surface area contributed by atoms with Crippen LogP contribution in [0.2, 0.25) is 0 Å². The van der Waals surface area contributed by atoms with Gasteiger partial charge in [0.1, 0.15) is 0 Å². The SMILES string of the molecule is COc1cc(CNC(=O)C2CC(=O)N(c3ccc(SC)cc3)C2)ccc1O. The van der Waals surface area contributed by atoms with Gasteiger partial charge >= 0.3 is 0 Å². The summed E-state index contributed by atoms with van der Waals surface area (Å²) in [6.45, 7) is 0.685. The molecule has 2 amide bonds. The van der Waals surface area contributed by atoms with Gasteiger partial charge in [0.15, 0.2) is 11.5 Å². The first kappa shape index (κ1) is 19.1. The summed E-state index contributed by atoms with van der Waals surface area (Å²) in [7, 11) is 1.47. The van der Waals surface area contributed by atoms with E-state index >= 15 is 0 Å². The second-order valence-electron chi connectivity index (χ2n) is 6.33. The molecule has 0 spiro atoms. The molecule has 1 atom stereocenters. The Hall–Kier alpha value is -2.67. The van der Waals surface area contributed by atoms with Crippen molar-refractivity contribution in [3.05, 3.63) is 48.0 Å². The molecule has 0 aromatic heterocycles. The molecule has 2 aromatic rings. The van der Waals surface area contributed by atoms with Gasteiger partial charge in [-0.1, -0.05) is 6.07 Å². The Morgan fingerprint density at radius 3 is 2.70 bits per heavy atom.